The molecule has 1 amide bonds. The number of benzene rings is 1. The summed E-state index contributed by atoms with van der Waals surface area (Å²) in [6, 6.07) is 4.47. The zero-order valence-electron chi connectivity index (χ0n) is 12.0. The second-order valence-electron chi connectivity index (χ2n) is 4.85. The molecule has 1 aromatic heterocycles. The molecular formula is C13H11F3N2O4S2. The van der Waals surface area contributed by atoms with Crippen LogP contribution >= 0.6 is 11.3 Å². The minimum absolute atomic E-state index is 0.0948. The van der Waals surface area contributed by atoms with Gasteiger partial charge in [-0.1, -0.05) is 0 Å². The van der Waals surface area contributed by atoms with Gasteiger partial charge in [-0.15, -0.1) is 11.3 Å². The first kappa shape index (κ1) is 18.4. The fourth-order valence-electron chi connectivity index (χ4n) is 1.54. The number of anilines is 1. The van der Waals surface area contributed by atoms with Crippen molar-refractivity contribution in [3.8, 4) is 0 Å². The third-order valence-corrected chi connectivity index (χ3v) is 6.03. The number of nitrogens with zero attached hydrogens (tertiary/aromatic N) is 1. The molecule has 6 nitrogen and oxygen atoms in total. The summed E-state index contributed by atoms with van der Waals surface area (Å²) < 4.78 is 62.0. The van der Waals surface area contributed by atoms with E-state index in [1.807, 2.05) is 5.32 Å². The van der Waals surface area contributed by atoms with Crippen LogP contribution in [-0.4, -0.2) is 36.2 Å². The Kier molecular flexibility index (Phi) is 4.70. The van der Waals surface area contributed by atoms with Gasteiger partial charge in [0.1, 0.15) is 0 Å². The van der Waals surface area contributed by atoms with Crippen LogP contribution in [0.2, 0.25) is 0 Å². The van der Waals surface area contributed by atoms with Crippen molar-refractivity contribution in [1.29, 1.82) is 0 Å². The van der Waals surface area contributed by atoms with Gasteiger partial charge in [-0.25, -0.2) is 13.4 Å². The fourth-order valence-corrected chi connectivity index (χ4v) is 3.76. The standard InChI is InChI=1S/C13H11F3N2O4S2/c1-12(20,13(14,15)16)10(19)18-8-2-4-9(5-3-8)24(21,22)11-17-6-7-23-11/h2-7,20H,1H3,(H,18,19). The Labute approximate surface area is 138 Å². The second-order valence-corrected chi connectivity index (χ2v) is 7.87. The molecule has 130 valence electrons. The predicted molar refractivity (Wildman–Crippen MR) is 79.3 cm³/mol. The summed E-state index contributed by atoms with van der Waals surface area (Å²) in [6.45, 7) is 0.323. The number of nitrogens with one attached hydrogen (secondary N) is 1. The number of sulfone groups is 1. The Morgan fingerprint density at radius 3 is 2.29 bits per heavy atom. The highest BCUT2D eigenvalue weighted by Crippen LogP contribution is 2.31. The number of hydrogen-bond donors (Lipinski definition) is 2. The van der Waals surface area contributed by atoms with Crippen LogP contribution in [-0.2, 0) is 14.6 Å². The summed E-state index contributed by atoms with van der Waals surface area (Å²) >= 11 is 0.919. The number of alkyl halides is 3. The maximum Gasteiger partial charge on any atom is 0.426 e. The van der Waals surface area contributed by atoms with Crippen molar-refractivity contribution >= 4 is 32.8 Å². The number of thiazole rings is 1. The molecule has 0 fully saturated rings. The van der Waals surface area contributed by atoms with E-state index in [-0.39, 0.29) is 14.9 Å². The predicted octanol–water partition coefficient (Wildman–Crippen LogP) is 2.23. The Morgan fingerprint density at radius 1 is 1.25 bits per heavy atom. The van der Waals surface area contributed by atoms with Gasteiger partial charge in [0, 0.05) is 17.3 Å². The summed E-state index contributed by atoms with van der Waals surface area (Å²) in [5.41, 5.74) is -3.67. The van der Waals surface area contributed by atoms with E-state index in [2.05, 4.69) is 4.98 Å². The first-order chi connectivity index (χ1) is 11.0. The molecule has 2 rings (SSSR count). The van der Waals surface area contributed by atoms with Gasteiger partial charge in [-0.05, 0) is 31.2 Å². The molecule has 1 heterocycles. The Bertz CT molecular complexity index is 829. The van der Waals surface area contributed by atoms with Gasteiger partial charge in [0.05, 0.1) is 4.90 Å². The number of halogens is 3. The molecule has 0 aliphatic carbocycles. The Hall–Kier alpha value is -1.98. The van der Waals surface area contributed by atoms with E-state index in [1.165, 1.54) is 11.6 Å². The fraction of sp³-hybridized carbons (Fsp3) is 0.231. The molecule has 0 radical (unpaired) electrons. The van der Waals surface area contributed by atoms with E-state index in [0.29, 0.717) is 6.92 Å². The van der Waals surface area contributed by atoms with Crippen molar-refractivity contribution in [2.24, 2.45) is 0 Å². The average Bonchev–Trinajstić information content (AvgIpc) is 3.01. The minimum atomic E-state index is -5.15. The maximum atomic E-state index is 12.6. The van der Waals surface area contributed by atoms with Crippen LogP contribution in [0.1, 0.15) is 6.92 Å². The lowest BCUT2D eigenvalue weighted by atomic mass is 10.1. The molecule has 1 atom stereocenters. The van der Waals surface area contributed by atoms with Crippen molar-refractivity contribution < 1.29 is 31.5 Å². The van der Waals surface area contributed by atoms with E-state index >= 15 is 0 Å². The molecule has 2 N–H and O–H groups in total. The smallest absolute Gasteiger partial charge is 0.373 e. The topological polar surface area (TPSA) is 96.4 Å². The van der Waals surface area contributed by atoms with Gasteiger partial charge in [0.2, 0.25) is 19.8 Å². The highest BCUT2D eigenvalue weighted by Gasteiger charge is 2.55. The lowest BCUT2D eigenvalue weighted by molar-refractivity contribution is -0.242. The van der Waals surface area contributed by atoms with Gasteiger partial charge in [0.15, 0.2) is 0 Å². The molecule has 0 saturated heterocycles. The van der Waals surface area contributed by atoms with Gasteiger partial charge < -0.3 is 10.4 Å². The van der Waals surface area contributed by atoms with Crippen LogP contribution in [0.4, 0.5) is 18.9 Å². The molecular weight excluding hydrogens is 369 g/mol. The van der Waals surface area contributed by atoms with E-state index in [1.54, 1.807) is 0 Å². The van der Waals surface area contributed by atoms with Crippen LogP contribution in [0.25, 0.3) is 0 Å². The summed E-state index contributed by atoms with van der Waals surface area (Å²) in [5, 5.41) is 12.6. The van der Waals surface area contributed by atoms with E-state index < -0.39 is 27.5 Å². The molecule has 11 heteroatoms. The SMILES string of the molecule is CC(O)(C(=O)Nc1ccc(S(=O)(=O)c2nccs2)cc1)C(F)(F)F. The molecule has 1 aromatic carbocycles. The zero-order chi connectivity index (χ0) is 18.2. The molecule has 1 unspecified atom stereocenters. The van der Waals surface area contributed by atoms with E-state index in [9.17, 15) is 31.5 Å². The van der Waals surface area contributed by atoms with E-state index in [4.69, 9.17) is 0 Å². The second kappa shape index (κ2) is 6.15. The lowest BCUT2D eigenvalue weighted by Gasteiger charge is -2.24. The van der Waals surface area contributed by atoms with Crippen molar-refractivity contribution in [3.63, 3.8) is 0 Å². The highest BCUT2D eigenvalue weighted by atomic mass is 32.2. The number of aromatic nitrogens is 1. The van der Waals surface area contributed by atoms with Crippen molar-refractivity contribution in [3.05, 3.63) is 35.8 Å². The third-order valence-electron chi connectivity index (χ3n) is 3.06. The van der Waals surface area contributed by atoms with Gasteiger partial charge >= 0.3 is 6.18 Å². The quantitative estimate of drug-likeness (QED) is 0.848. The molecule has 24 heavy (non-hydrogen) atoms. The van der Waals surface area contributed by atoms with Crippen LogP contribution < -0.4 is 5.32 Å². The summed E-state index contributed by atoms with van der Waals surface area (Å²) in [6.07, 6.45) is -3.82. The Morgan fingerprint density at radius 2 is 1.83 bits per heavy atom. The summed E-state index contributed by atoms with van der Waals surface area (Å²) in [7, 11) is -3.83. The van der Waals surface area contributed by atoms with Crippen molar-refractivity contribution in [2.45, 2.75) is 27.9 Å². The molecule has 0 saturated carbocycles. The highest BCUT2D eigenvalue weighted by molar-refractivity contribution is 7.93. The molecule has 2 aromatic rings. The normalized spacial score (nSPS) is 14.9. The molecule has 0 aliphatic rings. The van der Waals surface area contributed by atoms with Crippen LogP contribution in [0.5, 0.6) is 0 Å². The first-order valence-electron chi connectivity index (χ1n) is 6.31. The van der Waals surface area contributed by atoms with Crippen LogP contribution in [0.15, 0.2) is 45.1 Å². The summed E-state index contributed by atoms with van der Waals surface area (Å²) in [5.74, 6) is -1.68. The van der Waals surface area contributed by atoms with Crippen molar-refractivity contribution in [1.82, 2.24) is 4.98 Å². The average molecular weight is 380 g/mol. The number of carbonyl (C=O) groups excluding carboxylic acids is 1. The summed E-state index contributed by atoms with van der Waals surface area (Å²) in [4.78, 5) is 15.1. The van der Waals surface area contributed by atoms with Crippen LogP contribution in [0, 0.1) is 0 Å². The zero-order valence-corrected chi connectivity index (χ0v) is 13.7. The maximum absolute atomic E-state index is 12.6. The largest absolute Gasteiger partial charge is 0.426 e. The molecule has 0 aliphatic heterocycles. The molecule has 0 spiro atoms. The number of hydrogen-bond acceptors (Lipinski definition) is 6. The van der Waals surface area contributed by atoms with Gasteiger partial charge in [0.25, 0.3) is 5.91 Å². The van der Waals surface area contributed by atoms with Gasteiger partial charge in [-0.3, -0.25) is 4.79 Å². The lowest BCUT2D eigenvalue weighted by Crippen LogP contribution is -2.52. The number of amides is 1. The minimum Gasteiger partial charge on any atom is -0.373 e. The molecule has 0 bridgehead atoms. The van der Waals surface area contributed by atoms with Gasteiger partial charge in [-0.2, -0.15) is 13.2 Å². The number of aliphatic hydroxyl groups is 1. The number of carbonyl (C=O) groups is 1. The van der Waals surface area contributed by atoms with Crippen LogP contribution in [0.3, 0.4) is 0 Å². The Balaban J connectivity index is 2.21. The third kappa shape index (κ3) is 3.42. The van der Waals surface area contributed by atoms with Crippen molar-refractivity contribution in [2.75, 3.05) is 5.32 Å². The number of rotatable bonds is 4. The monoisotopic (exact) mass is 380 g/mol. The first-order valence-corrected chi connectivity index (χ1v) is 8.68. The van der Waals surface area contributed by atoms with E-state index in [0.717, 1.165) is 35.6 Å².